The second kappa shape index (κ2) is 4.69. The van der Waals surface area contributed by atoms with Crippen molar-refractivity contribution in [1.82, 2.24) is 15.1 Å². The molecule has 5 nitrogen and oxygen atoms in total. The van der Waals surface area contributed by atoms with E-state index in [1.165, 1.54) is 6.20 Å². The minimum atomic E-state index is -0.0909. The van der Waals surface area contributed by atoms with E-state index in [-0.39, 0.29) is 11.7 Å². The number of nitrogens with zero attached hydrogens (tertiary/aromatic N) is 2. The van der Waals surface area contributed by atoms with Gasteiger partial charge in [-0.25, -0.2) is 0 Å². The van der Waals surface area contributed by atoms with Gasteiger partial charge >= 0.3 is 0 Å². The van der Waals surface area contributed by atoms with E-state index in [0.29, 0.717) is 12.1 Å². The van der Waals surface area contributed by atoms with Gasteiger partial charge in [0.2, 0.25) is 0 Å². The molecule has 0 saturated carbocycles. The number of aromatic nitrogens is 2. The minimum Gasteiger partial charge on any atom is -0.508 e. The zero-order valence-electron chi connectivity index (χ0n) is 9.42. The van der Waals surface area contributed by atoms with Crippen LogP contribution in [-0.4, -0.2) is 33.2 Å². The summed E-state index contributed by atoms with van der Waals surface area (Å²) in [6.07, 6.45) is 3.06. The summed E-state index contributed by atoms with van der Waals surface area (Å²) in [6.45, 7) is 0.490. The van der Waals surface area contributed by atoms with Gasteiger partial charge in [-0.2, -0.15) is 5.10 Å². The third-order valence-corrected chi connectivity index (χ3v) is 2.45. The Hall–Kier alpha value is -2.30. The van der Waals surface area contributed by atoms with Crippen molar-refractivity contribution < 1.29 is 9.90 Å². The molecule has 0 aliphatic rings. The van der Waals surface area contributed by atoms with Crippen molar-refractivity contribution in [2.45, 2.75) is 6.54 Å². The van der Waals surface area contributed by atoms with Crippen LogP contribution in [0.1, 0.15) is 15.9 Å². The van der Waals surface area contributed by atoms with Crippen LogP contribution in [0.2, 0.25) is 0 Å². The van der Waals surface area contributed by atoms with E-state index in [4.69, 9.17) is 5.11 Å². The van der Waals surface area contributed by atoms with Crippen LogP contribution < -0.4 is 0 Å². The van der Waals surface area contributed by atoms with Crippen LogP contribution in [-0.2, 0) is 6.54 Å². The van der Waals surface area contributed by atoms with Gasteiger partial charge in [0.05, 0.1) is 11.8 Å². The topological polar surface area (TPSA) is 69.2 Å². The molecule has 5 heteroatoms. The zero-order chi connectivity index (χ0) is 12.3. The lowest BCUT2D eigenvalue weighted by Crippen LogP contribution is -2.25. The summed E-state index contributed by atoms with van der Waals surface area (Å²) in [5.74, 6) is 0.129. The first-order valence-electron chi connectivity index (χ1n) is 5.19. The molecule has 0 spiro atoms. The summed E-state index contributed by atoms with van der Waals surface area (Å²) >= 11 is 0. The lowest BCUT2D eigenvalue weighted by molar-refractivity contribution is 0.0785. The Morgan fingerprint density at radius 2 is 2.12 bits per heavy atom. The van der Waals surface area contributed by atoms with E-state index < -0.39 is 0 Å². The highest BCUT2D eigenvalue weighted by molar-refractivity contribution is 5.93. The van der Waals surface area contributed by atoms with Crippen LogP contribution in [0, 0.1) is 0 Å². The van der Waals surface area contributed by atoms with Crippen molar-refractivity contribution in [3.8, 4) is 5.75 Å². The number of phenolic OH excluding ortho intramolecular Hbond substituents is 1. The number of amides is 1. The number of carbonyl (C=O) groups excluding carboxylic acids is 1. The summed E-state index contributed by atoms with van der Waals surface area (Å²) in [5.41, 5.74) is 1.49. The summed E-state index contributed by atoms with van der Waals surface area (Å²) < 4.78 is 0. The van der Waals surface area contributed by atoms with Crippen LogP contribution in [0.25, 0.3) is 0 Å². The molecule has 2 N–H and O–H groups in total. The van der Waals surface area contributed by atoms with Crippen LogP contribution in [0.3, 0.4) is 0 Å². The monoisotopic (exact) mass is 231 g/mol. The first-order valence-corrected chi connectivity index (χ1v) is 5.19. The average molecular weight is 231 g/mol. The summed E-state index contributed by atoms with van der Waals surface area (Å²) in [7, 11) is 1.72. The molecule has 0 atom stereocenters. The van der Waals surface area contributed by atoms with E-state index in [1.807, 2.05) is 0 Å². The average Bonchev–Trinajstić information content (AvgIpc) is 2.84. The smallest absolute Gasteiger partial charge is 0.257 e. The second-order valence-electron chi connectivity index (χ2n) is 3.81. The molecular formula is C12H13N3O2. The van der Waals surface area contributed by atoms with E-state index in [2.05, 4.69) is 10.2 Å². The highest BCUT2D eigenvalue weighted by Crippen LogP contribution is 2.12. The van der Waals surface area contributed by atoms with E-state index >= 15 is 0 Å². The summed E-state index contributed by atoms with van der Waals surface area (Å²) in [6, 6.07) is 6.78. The Bertz CT molecular complexity index is 491. The molecule has 1 amide bonds. The molecule has 1 aromatic heterocycles. The van der Waals surface area contributed by atoms with Gasteiger partial charge in [-0.1, -0.05) is 12.1 Å². The van der Waals surface area contributed by atoms with Gasteiger partial charge < -0.3 is 10.0 Å². The number of aromatic hydroxyl groups is 1. The first-order chi connectivity index (χ1) is 8.16. The first kappa shape index (κ1) is 11.2. The molecule has 1 aromatic carbocycles. The van der Waals surface area contributed by atoms with Gasteiger partial charge in [0, 0.05) is 19.8 Å². The van der Waals surface area contributed by atoms with Gasteiger partial charge in [0.25, 0.3) is 5.91 Å². The van der Waals surface area contributed by atoms with Crippen LogP contribution >= 0.6 is 0 Å². The molecule has 0 fully saturated rings. The molecule has 0 bridgehead atoms. The van der Waals surface area contributed by atoms with Crippen molar-refractivity contribution in [2.75, 3.05) is 7.05 Å². The number of carbonyl (C=O) groups is 1. The maximum absolute atomic E-state index is 11.9. The minimum absolute atomic E-state index is 0.0909. The van der Waals surface area contributed by atoms with Crippen LogP contribution in [0.5, 0.6) is 5.75 Å². The molecule has 88 valence electrons. The summed E-state index contributed by atoms with van der Waals surface area (Å²) in [4.78, 5) is 13.5. The predicted octanol–water partition coefficient (Wildman–Crippen LogP) is 1.39. The SMILES string of the molecule is CN(Cc1ccc(O)cc1)C(=O)c1cn[nH]c1. The van der Waals surface area contributed by atoms with Crippen molar-refractivity contribution in [1.29, 1.82) is 0 Å². The molecule has 0 saturated heterocycles. The van der Waals surface area contributed by atoms with Gasteiger partial charge in [-0.3, -0.25) is 9.89 Å². The van der Waals surface area contributed by atoms with Crippen molar-refractivity contribution in [3.63, 3.8) is 0 Å². The number of phenols is 1. The number of aromatic amines is 1. The molecule has 0 aliphatic carbocycles. The molecule has 2 aromatic rings. The number of nitrogens with one attached hydrogen (secondary N) is 1. The Balaban J connectivity index is 2.04. The molecule has 17 heavy (non-hydrogen) atoms. The number of hydrogen-bond donors (Lipinski definition) is 2. The fourth-order valence-corrected chi connectivity index (χ4v) is 1.54. The van der Waals surface area contributed by atoms with Crippen molar-refractivity contribution in [2.24, 2.45) is 0 Å². The van der Waals surface area contributed by atoms with Crippen molar-refractivity contribution in [3.05, 3.63) is 47.8 Å². The number of H-pyrrole nitrogens is 1. The Morgan fingerprint density at radius 3 is 2.71 bits per heavy atom. The van der Waals surface area contributed by atoms with Gasteiger partial charge in [-0.15, -0.1) is 0 Å². The largest absolute Gasteiger partial charge is 0.508 e. The quantitative estimate of drug-likeness (QED) is 0.838. The van der Waals surface area contributed by atoms with Gasteiger partial charge in [0.1, 0.15) is 5.75 Å². The Labute approximate surface area is 98.7 Å². The highest BCUT2D eigenvalue weighted by atomic mass is 16.3. The van der Waals surface area contributed by atoms with Gasteiger partial charge in [-0.05, 0) is 17.7 Å². The lowest BCUT2D eigenvalue weighted by atomic mass is 10.2. The molecular weight excluding hydrogens is 218 g/mol. The molecule has 2 rings (SSSR count). The molecule has 0 unspecified atom stereocenters. The molecule has 0 radical (unpaired) electrons. The summed E-state index contributed by atoms with van der Waals surface area (Å²) in [5, 5.41) is 15.5. The predicted molar refractivity (Wildman–Crippen MR) is 62.5 cm³/mol. The maximum Gasteiger partial charge on any atom is 0.257 e. The lowest BCUT2D eigenvalue weighted by Gasteiger charge is -2.16. The van der Waals surface area contributed by atoms with Crippen LogP contribution in [0.15, 0.2) is 36.7 Å². The highest BCUT2D eigenvalue weighted by Gasteiger charge is 2.12. The van der Waals surface area contributed by atoms with E-state index in [9.17, 15) is 4.79 Å². The fraction of sp³-hybridized carbons (Fsp3) is 0.167. The number of hydrogen-bond acceptors (Lipinski definition) is 3. The van der Waals surface area contributed by atoms with Crippen molar-refractivity contribution >= 4 is 5.91 Å². The molecule has 1 heterocycles. The Morgan fingerprint density at radius 1 is 1.41 bits per heavy atom. The van der Waals surface area contributed by atoms with E-state index in [0.717, 1.165) is 5.56 Å². The zero-order valence-corrected chi connectivity index (χ0v) is 9.42. The number of benzene rings is 1. The van der Waals surface area contributed by atoms with E-state index in [1.54, 1.807) is 42.4 Å². The molecule has 0 aliphatic heterocycles. The fourth-order valence-electron chi connectivity index (χ4n) is 1.54. The third-order valence-electron chi connectivity index (χ3n) is 2.45. The number of rotatable bonds is 3. The van der Waals surface area contributed by atoms with Crippen LogP contribution in [0.4, 0.5) is 0 Å². The Kier molecular flexibility index (Phi) is 3.09. The standard InChI is InChI=1S/C12H13N3O2/c1-15(12(17)10-6-13-14-7-10)8-9-2-4-11(16)5-3-9/h2-7,16H,8H2,1H3,(H,13,14). The normalized spacial score (nSPS) is 10.2. The third kappa shape index (κ3) is 2.63. The maximum atomic E-state index is 11.9. The van der Waals surface area contributed by atoms with Gasteiger partial charge in [0.15, 0.2) is 0 Å². The second-order valence-corrected chi connectivity index (χ2v) is 3.81.